The minimum atomic E-state index is -0.248. The largest absolute Gasteiger partial charge is 0.449 e. The van der Waals surface area contributed by atoms with Gasteiger partial charge in [0.25, 0.3) is 0 Å². The minimum Gasteiger partial charge on any atom is -0.449 e. The van der Waals surface area contributed by atoms with Crippen LogP contribution in [0.5, 0.6) is 0 Å². The maximum Gasteiger partial charge on any atom is 0.407 e. The maximum absolute atomic E-state index is 12.1. The fourth-order valence-electron chi connectivity index (χ4n) is 7.68. The molecule has 2 bridgehead atoms. The Kier molecular flexibility index (Phi) is 18.8. The Labute approximate surface area is 302 Å². The molecule has 1 amide bonds. The van der Waals surface area contributed by atoms with Gasteiger partial charge in [-0.05, 0) is 55.7 Å². The number of rotatable bonds is 14. The first-order valence-corrected chi connectivity index (χ1v) is 20.1. The van der Waals surface area contributed by atoms with Gasteiger partial charge < -0.3 is 52.6 Å². The number of amides is 1. The molecule has 9 N–H and O–H groups in total. The van der Waals surface area contributed by atoms with E-state index >= 15 is 0 Å². The van der Waals surface area contributed by atoms with E-state index in [-0.39, 0.29) is 17.0 Å². The molecule has 12 heteroatoms. The van der Waals surface area contributed by atoms with E-state index in [9.17, 15) is 4.79 Å². The molecule has 1 unspecified atom stereocenters. The number of carbonyl (C=O) groups is 1. The summed E-state index contributed by atoms with van der Waals surface area (Å²) in [5, 5.41) is 33.0. The number of nitrogens with one attached hydrogen (secondary N) is 9. The van der Waals surface area contributed by atoms with E-state index in [1.165, 1.54) is 44.9 Å². The lowest BCUT2D eigenvalue weighted by atomic mass is 9.90. The maximum atomic E-state index is 12.1. The topological polar surface area (TPSA) is 135 Å². The molecular weight excluding hydrogens is 635 g/mol. The number of unbranched alkanes of at least 4 members (excludes halogenated alkanes) is 7. The molecule has 11 nitrogen and oxygen atoms in total. The highest BCUT2D eigenvalue weighted by atomic mass is 32.1. The summed E-state index contributed by atoms with van der Waals surface area (Å²) in [7, 11) is 0. The highest BCUT2D eigenvalue weighted by Gasteiger charge is 2.49. The van der Waals surface area contributed by atoms with E-state index in [0.717, 1.165) is 134 Å². The number of thiocarbonyl (C=S) groups is 1. The molecule has 3 aliphatic heterocycles. The summed E-state index contributed by atoms with van der Waals surface area (Å²) in [5.41, 5.74) is -0.0490. The van der Waals surface area contributed by atoms with Crippen LogP contribution in [0, 0.1) is 35.0 Å². The van der Waals surface area contributed by atoms with Gasteiger partial charge in [-0.3, -0.25) is 0 Å². The van der Waals surface area contributed by atoms with E-state index in [2.05, 4.69) is 66.6 Å². The van der Waals surface area contributed by atoms with Gasteiger partial charge in [-0.25, -0.2) is 4.79 Å². The molecule has 0 aromatic carbocycles. The van der Waals surface area contributed by atoms with Crippen LogP contribution in [0.25, 0.3) is 0 Å². The number of hydrogen-bond donors (Lipinski definition) is 9. The Morgan fingerprint density at radius 1 is 0.673 bits per heavy atom. The first-order chi connectivity index (χ1) is 24.0. The van der Waals surface area contributed by atoms with Crippen LogP contribution in [0.4, 0.5) is 4.79 Å². The Morgan fingerprint density at radius 3 is 1.59 bits per heavy atom. The van der Waals surface area contributed by atoms with Crippen molar-refractivity contribution in [2.24, 2.45) is 23.2 Å². The molecular formula is C37H69N9O2S. The van der Waals surface area contributed by atoms with E-state index in [0.29, 0.717) is 19.1 Å². The molecule has 0 radical (unpaired) electrons. The Bertz CT molecular complexity index is 960. The summed E-state index contributed by atoms with van der Waals surface area (Å²) in [6.45, 7) is 15.6. The highest BCUT2D eigenvalue weighted by Crippen LogP contribution is 2.52. The van der Waals surface area contributed by atoms with Gasteiger partial charge in [0.05, 0.1) is 12.1 Å². The SMILES string of the molecule is CC12CNCCNCC(NC(=S)NCCCCCCCCCCNC(=O)OCC3[C@H]4CCC#CCC[C@@H]34)(CNCCNC1)CNCCNC2. The molecule has 0 aromatic heterocycles. The van der Waals surface area contributed by atoms with Crippen molar-refractivity contribution < 1.29 is 9.53 Å². The lowest BCUT2D eigenvalue weighted by molar-refractivity contribution is 0.137. The standard InChI is InChI=1S/C37H69N9O2S/c1-36-25-38-18-21-41-28-37(29-42-22-19-39-26-36,30-43-23-20-40-27-36)46-34(49)44-16-12-8-4-2-3-5-9-13-17-45-35(47)48-24-33-31-14-10-6-7-11-15-32(31)33/h31-33,38-43H,2-5,8-30H2,1H3,(H,45,47)(H2,44,46,49)/t31-,32+,33?,36?,37?. The highest BCUT2D eigenvalue weighted by molar-refractivity contribution is 7.80. The molecule has 2 aliphatic carbocycles. The van der Waals surface area contributed by atoms with Crippen molar-refractivity contribution in [1.29, 1.82) is 0 Å². The van der Waals surface area contributed by atoms with Crippen molar-refractivity contribution >= 4 is 23.4 Å². The van der Waals surface area contributed by atoms with Gasteiger partial charge in [0.2, 0.25) is 0 Å². The number of ether oxygens (including phenoxy) is 1. The van der Waals surface area contributed by atoms with Crippen molar-refractivity contribution in [3.63, 3.8) is 0 Å². The van der Waals surface area contributed by atoms with E-state index in [4.69, 9.17) is 17.0 Å². The lowest BCUT2D eigenvalue weighted by Crippen LogP contribution is -2.67. The third kappa shape index (κ3) is 16.0. The Balaban J connectivity index is 1.01. The third-order valence-corrected chi connectivity index (χ3v) is 11.0. The summed E-state index contributed by atoms with van der Waals surface area (Å²) in [6, 6.07) is 0. The number of alkyl carbamates (subject to hydrolysis) is 1. The second kappa shape index (κ2) is 23.0. The van der Waals surface area contributed by atoms with Gasteiger partial charge in [0.15, 0.2) is 5.11 Å². The molecule has 1 saturated carbocycles. The predicted octanol–water partition coefficient (Wildman–Crippen LogP) is 2.05. The van der Waals surface area contributed by atoms with Crippen molar-refractivity contribution in [1.82, 2.24) is 47.9 Å². The van der Waals surface area contributed by atoms with Gasteiger partial charge >= 0.3 is 6.09 Å². The van der Waals surface area contributed by atoms with Crippen LogP contribution < -0.4 is 47.9 Å². The smallest absolute Gasteiger partial charge is 0.407 e. The third-order valence-electron chi connectivity index (χ3n) is 10.8. The first kappa shape index (κ1) is 40.1. The van der Waals surface area contributed by atoms with Crippen LogP contribution in [0.15, 0.2) is 0 Å². The van der Waals surface area contributed by atoms with Crippen LogP contribution in [0.2, 0.25) is 0 Å². The van der Waals surface area contributed by atoms with Crippen LogP contribution in [0.1, 0.15) is 84.0 Å². The van der Waals surface area contributed by atoms with Crippen LogP contribution in [0.3, 0.4) is 0 Å². The van der Waals surface area contributed by atoms with Gasteiger partial charge in [-0.15, -0.1) is 11.8 Å². The molecule has 0 spiro atoms. The normalized spacial score (nSPS) is 29.8. The zero-order chi connectivity index (χ0) is 34.5. The fourth-order valence-corrected chi connectivity index (χ4v) is 8.00. The van der Waals surface area contributed by atoms with Crippen LogP contribution in [-0.4, -0.2) is 115 Å². The summed E-state index contributed by atoms with van der Waals surface area (Å²) in [4.78, 5) is 12.1. The van der Waals surface area contributed by atoms with Gasteiger partial charge in [0.1, 0.15) is 0 Å². The monoisotopic (exact) mass is 704 g/mol. The van der Waals surface area contributed by atoms with Gasteiger partial charge in [-0.1, -0.05) is 45.4 Å². The molecule has 3 saturated heterocycles. The predicted molar refractivity (Wildman–Crippen MR) is 205 cm³/mol. The van der Waals surface area contributed by atoms with Crippen LogP contribution in [-0.2, 0) is 4.74 Å². The second-order valence-electron chi connectivity index (χ2n) is 15.3. The molecule has 4 fully saturated rings. The van der Waals surface area contributed by atoms with Gasteiger partial charge in [0, 0.05) is 110 Å². The average molecular weight is 704 g/mol. The zero-order valence-corrected chi connectivity index (χ0v) is 31.4. The summed E-state index contributed by atoms with van der Waals surface area (Å²) in [5.74, 6) is 8.47. The molecule has 5 aliphatic rings. The Morgan fingerprint density at radius 2 is 1.10 bits per heavy atom. The average Bonchev–Trinajstić information content (AvgIpc) is 3.73. The van der Waals surface area contributed by atoms with E-state index in [1.807, 2.05) is 0 Å². The molecule has 280 valence electrons. The first-order valence-electron chi connectivity index (χ1n) is 19.7. The van der Waals surface area contributed by atoms with Crippen molar-refractivity contribution in [3.8, 4) is 11.8 Å². The van der Waals surface area contributed by atoms with E-state index in [1.54, 1.807) is 0 Å². The zero-order valence-electron chi connectivity index (χ0n) is 30.5. The van der Waals surface area contributed by atoms with Crippen LogP contribution >= 0.6 is 12.2 Å². The minimum absolute atomic E-state index is 0.180. The number of hydrogen-bond acceptors (Lipinski definition) is 9. The molecule has 49 heavy (non-hydrogen) atoms. The quantitative estimate of drug-likeness (QED) is 0.0748. The molecule has 3 atom stereocenters. The number of fused-ring (bicyclic) bond motifs is 16. The van der Waals surface area contributed by atoms with E-state index < -0.39 is 0 Å². The summed E-state index contributed by atoms with van der Waals surface area (Å²) in [6.07, 6.45) is 13.6. The van der Waals surface area contributed by atoms with Crippen molar-refractivity contribution in [3.05, 3.63) is 0 Å². The molecule has 5 rings (SSSR count). The van der Waals surface area contributed by atoms with Crippen molar-refractivity contribution in [2.75, 3.05) is 98.2 Å². The number of carbonyl (C=O) groups excluding carboxylic acids is 1. The summed E-state index contributed by atoms with van der Waals surface area (Å²) < 4.78 is 5.53. The second-order valence-corrected chi connectivity index (χ2v) is 15.7. The van der Waals surface area contributed by atoms with Gasteiger partial charge in [-0.2, -0.15) is 0 Å². The lowest BCUT2D eigenvalue weighted by Gasteiger charge is -2.38. The molecule has 3 heterocycles. The summed E-state index contributed by atoms with van der Waals surface area (Å²) >= 11 is 5.82. The van der Waals surface area contributed by atoms with Crippen molar-refractivity contribution in [2.45, 2.75) is 89.5 Å². The Hall–Kier alpha value is -1.72. The molecule has 0 aromatic rings. The fraction of sp³-hybridized carbons (Fsp3) is 0.892.